The van der Waals surface area contributed by atoms with Gasteiger partial charge in [-0.1, -0.05) is 0 Å². The monoisotopic (exact) mass is 369 g/mol. The number of halogens is 1. The maximum Gasteiger partial charge on any atom is 0.341 e. The second kappa shape index (κ2) is 6.52. The number of esters is 1. The summed E-state index contributed by atoms with van der Waals surface area (Å²) in [6.45, 7) is 0. The minimum atomic E-state index is -3.91. The molecule has 0 fully saturated rings. The summed E-state index contributed by atoms with van der Waals surface area (Å²) in [6.07, 6.45) is 3.52. The van der Waals surface area contributed by atoms with Gasteiger partial charge < -0.3 is 4.74 Å². The molecule has 24 heavy (non-hydrogen) atoms. The molecular weight excluding hydrogens is 353 g/mol. The quantitative estimate of drug-likeness (QED) is 0.839. The highest BCUT2D eigenvalue weighted by Crippen LogP contribution is 2.39. The highest BCUT2D eigenvalue weighted by Gasteiger charge is 2.28. The average Bonchev–Trinajstić information content (AvgIpc) is 2.91. The first-order valence-electron chi connectivity index (χ1n) is 7.43. The number of fused-ring (bicyclic) bond motifs is 1. The Morgan fingerprint density at radius 2 is 1.88 bits per heavy atom. The van der Waals surface area contributed by atoms with Crippen LogP contribution in [0.4, 0.5) is 9.39 Å². The van der Waals surface area contributed by atoms with Crippen molar-refractivity contribution in [1.29, 1.82) is 0 Å². The second-order valence-corrected chi connectivity index (χ2v) is 8.25. The lowest BCUT2D eigenvalue weighted by atomic mass is 9.95. The predicted molar refractivity (Wildman–Crippen MR) is 89.5 cm³/mol. The van der Waals surface area contributed by atoms with Gasteiger partial charge in [-0.15, -0.1) is 11.3 Å². The number of benzene rings is 1. The average molecular weight is 369 g/mol. The number of thiophene rings is 1. The summed E-state index contributed by atoms with van der Waals surface area (Å²) in [5.74, 6) is -1.07. The summed E-state index contributed by atoms with van der Waals surface area (Å²) in [5, 5.41) is 0.262. The van der Waals surface area contributed by atoms with E-state index in [1.165, 1.54) is 30.6 Å². The SMILES string of the molecule is COC(=O)c1c(NS(=O)(=O)c2ccc(F)cc2)sc2c1CCCC2. The lowest BCUT2D eigenvalue weighted by molar-refractivity contribution is 0.0601. The molecule has 0 spiro atoms. The van der Waals surface area contributed by atoms with Crippen molar-refractivity contribution < 1.29 is 22.3 Å². The van der Waals surface area contributed by atoms with E-state index < -0.39 is 21.8 Å². The van der Waals surface area contributed by atoms with Crippen LogP contribution in [0.25, 0.3) is 0 Å². The number of carbonyl (C=O) groups excluding carboxylic acids is 1. The normalized spacial score (nSPS) is 14.1. The fourth-order valence-corrected chi connectivity index (χ4v) is 5.33. The third kappa shape index (κ3) is 3.16. The van der Waals surface area contributed by atoms with Crippen molar-refractivity contribution in [2.75, 3.05) is 11.8 Å². The number of anilines is 1. The van der Waals surface area contributed by atoms with Crippen LogP contribution in [0, 0.1) is 5.82 Å². The Morgan fingerprint density at radius 1 is 1.21 bits per heavy atom. The predicted octanol–water partition coefficient (Wildman–Crippen LogP) is 3.35. The lowest BCUT2D eigenvalue weighted by Crippen LogP contribution is -2.15. The number of hydrogen-bond donors (Lipinski definition) is 1. The van der Waals surface area contributed by atoms with E-state index in [2.05, 4.69) is 4.72 Å². The van der Waals surface area contributed by atoms with Crippen molar-refractivity contribution in [3.63, 3.8) is 0 Å². The summed E-state index contributed by atoms with van der Waals surface area (Å²) in [4.78, 5) is 13.1. The number of nitrogens with one attached hydrogen (secondary N) is 1. The zero-order chi connectivity index (χ0) is 17.3. The van der Waals surface area contributed by atoms with E-state index in [-0.39, 0.29) is 9.90 Å². The highest BCUT2D eigenvalue weighted by molar-refractivity contribution is 7.93. The van der Waals surface area contributed by atoms with Crippen molar-refractivity contribution in [2.45, 2.75) is 30.6 Å². The number of methoxy groups -OCH3 is 1. The van der Waals surface area contributed by atoms with Gasteiger partial charge in [0.05, 0.1) is 17.6 Å². The summed E-state index contributed by atoms with van der Waals surface area (Å²) in [7, 11) is -2.64. The number of hydrogen-bond acceptors (Lipinski definition) is 5. The molecule has 0 atom stereocenters. The van der Waals surface area contributed by atoms with Gasteiger partial charge in [0, 0.05) is 4.88 Å². The van der Waals surface area contributed by atoms with Crippen LogP contribution in [0.1, 0.15) is 33.6 Å². The second-order valence-electron chi connectivity index (χ2n) is 5.47. The van der Waals surface area contributed by atoms with Crippen LogP contribution in [-0.2, 0) is 27.6 Å². The fraction of sp³-hybridized carbons (Fsp3) is 0.312. The van der Waals surface area contributed by atoms with Crippen LogP contribution < -0.4 is 4.72 Å². The van der Waals surface area contributed by atoms with Gasteiger partial charge >= 0.3 is 5.97 Å². The van der Waals surface area contributed by atoms with Crippen LogP contribution in [0.5, 0.6) is 0 Å². The fourth-order valence-electron chi connectivity index (χ4n) is 2.75. The van der Waals surface area contributed by atoms with Gasteiger partial charge in [0.25, 0.3) is 10.0 Å². The van der Waals surface area contributed by atoms with Gasteiger partial charge in [-0.25, -0.2) is 17.6 Å². The van der Waals surface area contributed by atoms with Crippen LogP contribution >= 0.6 is 11.3 Å². The Balaban J connectivity index is 2.01. The topological polar surface area (TPSA) is 72.5 Å². The summed E-state index contributed by atoms with van der Waals surface area (Å²) < 4.78 is 45.3. The molecule has 0 bridgehead atoms. The van der Waals surface area contributed by atoms with Gasteiger partial charge in [-0.2, -0.15) is 0 Å². The maximum atomic E-state index is 13.0. The van der Waals surface area contributed by atoms with Gasteiger partial charge in [0.2, 0.25) is 0 Å². The largest absolute Gasteiger partial charge is 0.465 e. The van der Waals surface area contributed by atoms with E-state index in [1.807, 2.05) is 0 Å². The molecule has 0 saturated heterocycles. The molecule has 1 heterocycles. The summed E-state index contributed by atoms with van der Waals surface area (Å²) in [5.41, 5.74) is 1.16. The number of carbonyl (C=O) groups is 1. The van der Waals surface area contributed by atoms with Crippen molar-refractivity contribution in [1.82, 2.24) is 0 Å². The Kier molecular flexibility index (Phi) is 4.60. The molecule has 0 radical (unpaired) electrons. The van der Waals surface area contributed by atoms with E-state index in [4.69, 9.17) is 4.74 Å². The molecular formula is C16H16FNO4S2. The van der Waals surface area contributed by atoms with Crippen LogP contribution in [0.3, 0.4) is 0 Å². The summed E-state index contributed by atoms with van der Waals surface area (Å²) in [6, 6.07) is 4.52. The molecule has 1 aromatic heterocycles. The van der Waals surface area contributed by atoms with Crippen molar-refractivity contribution in [3.05, 3.63) is 46.1 Å². The smallest absolute Gasteiger partial charge is 0.341 e. The van der Waals surface area contributed by atoms with Crippen molar-refractivity contribution in [2.24, 2.45) is 0 Å². The molecule has 3 rings (SSSR count). The first-order valence-corrected chi connectivity index (χ1v) is 9.73. The molecule has 0 unspecified atom stereocenters. The molecule has 0 saturated carbocycles. The number of sulfonamides is 1. The summed E-state index contributed by atoms with van der Waals surface area (Å²) >= 11 is 1.27. The standard InChI is InChI=1S/C16H16FNO4S2/c1-22-16(19)14-12-4-2-3-5-13(12)23-15(14)18-24(20,21)11-8-6-10(17)7-9-11/h6-9,18H,2-5H2,1H3. The molecule has 8 heteroatoms. The molecule has 0 amide bonds. The molecule has 2 aromatic rings. The van der Waals surface area contributed by atoms with Crippen LogP contribution in [0.2, 0.25) is 0 Å². The number of aryl methyl sites for hydroxylation is 1. The van der Waals surface area contributed by atoms with Gasteiger partial charge in [-0.3, -0.25) is 4.72 Å². The molecule has 128 valence electrons. The Hall–Kier alpha value is -1.93. The van der Waals surface area contributed by atoms with Crippen molar-refractivity contribution >= 4 is 32.3 Å². The van der Waals surface area contributed by atoms with E-state index in [0.717, 1.165) is 48.3 Å². The van der Waals surface area contributed by atoms with E-state index in [1.54, 1.807) is 0 Å². The van der Waals surface area contributed by atoms with Crippen molar-refractivity contribution in [3.8, 4) is 0 Å². The lowest BCUT2D eigenvalue weighted by Gasteiger charge is -2.12. The molecule has 1 aromatic carbocycles. The Labute approximate surface area is 143 Å². The molecule has 1 aliphatic carbocycles. The minimum absolute atomic E-state index is 0.0638. The highest BCUT2D eigenvalue weighted by atomic mass is 32.2. The Bertz CT molecular complexity index is 872. The number of rotatable bonds is 4. The molecule has 1 aliphatic rings. The van der Waals surface area contributed by atoms with E-state index >= 15 is 0 Å². The third-order valence-electron chi connectivity index (χ3n) is 3.91. The van der Waals surface area contributed by atoms with Crippen LogP contribution in [-0.4, -0.2) is 21.5 Å². The van der Waals surface area contributed by atoms with Crippen LogP contribution in [0.15, 0.2) is 29.2 Å². The zero-order valence-corrected chi connectivity index (χ0v) is 14.6. The van der Waals surface area contributed by atoms with E-state index in [9.17, 15) is 17.6 Å². The molecule has 0 aliphatic heterocycles. The third-order valence-corrected chi connectivity index (χ3v) is 6.61. The van der Waals surface area contributed by atoms with E-state index in [0.29, 0.717) is 5.56 Å². The molecule has 5 nitrogen and oxygen atoms in total. The Morgan fingerprint density at radius 3 is 2.54 bits per heavy atom. The van der Waals surface area contributed by atoms with Gasteiger partial charge in [-0.05, 0) is 55.5 Å². The maximum absolute atomic E-state index is 13.0. The first-order chi connectivity index (χ1) is 11.4. The zero-order valence-electron chi connectivity index (χ0n) is 13.0. The first kappa shape index (κ1) is 16.9. The minimum Gasteiger partial charge on any atom is -0.465 e. The van der Waals surface area contributed by atoms with Gasteiger partial charge in [0.15, 0.2) is 0 Å². The number of ether oxygens (including phenoxy) is 1. The molecule has 1 N–H and O–H groups in total. The van der Waals surface area contributed by atoms with Gasteiger partial charge in [0.1, 0.15) is 10.8 Å².